The van der Waals surface area contributed by atoms with Crippen molar-refractivity contribution >= 4 is 21.8 Å². The summed E-state index contributed by atoms with van der Waals surface area (Å²) in [5.74, 6) is 0. The van der Waals surface area contributed by atoms with Crippen LogP contribution in [0.25, 0.3) is 21.8 Å². The average molecular weight is 367 g/mol. The fourth-order valence-corrected chi connectivity index (χ4v) is 4.32. The summed E-state index contributed by atoms with van der Waals surface area (Å²) in [4.78, 5) is 13.6. The van der Waals surface area contributed by atoms with Gasteiger partial charge < -0.3 is 9.13 Å². The third-order valence-electron chi connectivity index (χ3n) is 5.81. The molecule has 3 rings (SSSR count). The summed E-state index contributed by atoms with van der Waals surface area (Å²) < 4.78 is 4.38. The first-order valence-electron chi connectivity index (χ1n) is 10.8. The van der Waals surface area contributed by atoms with Crippen molar-refractivity contribution in [1.29, 1.82) is 0 Å². The Morgan fingerprint density at radius 1 is 0.889 bits per heavy atom. The van der Waals surface area contributed by atoms with Crippen LogP contribution >= 0.6 is 0 Å². The summed E-state index contributed by atoms with van der Waals surface area (Å²) in [6.07, 6.45) is 8.87. The standard InChI is InChI=1S/C24H34N2O/c1-5-8-13-19-21(15-9-6-2)26(17-10-7-3)24(27)22-18-14-11-12-16-20(18)25(4)23(19)22/h11-12,14,16H,5-10,13,15,17H2,1-4H3. The molecule has 146 valence electrons. The van der Waals surface area contributed by atoms with Crippen molar-refractivity contribution < 1.29 is 0 Å². The Bertz CT molecular complexity index is 978. The zero-order chi connectivity index (χ0) is 19.4. The highest BCUT2D eigenvalue weighted by atomic mass is 16.1. The van der Waals surface area contributed by atoms with Crippen molar-refractivity contribution in [2.24, 2.45) is 7.05 Å². The fourth-order valence-electron chi connectivity index (χ4n) is 4.32. The minimum Gasteiger partial charge on any atom is -0.343 e. The first kappa shape index (κ1) is 19.7. The summed E-state index contributed by atoms with van der Waals surface area (Å²) in [7, 11) is 2.12. The number of pyridine rings is 1. The molecule has 0 saturated carbocycles. The Hall–Kier alpha value is -2.03. The first-order valence-corrected chi connectivity index (χ1v) is 10.8. The Kier molecular flexibility index (Phi) is 6.41. The Labute approximate surface area is 163 Å². The number of hydrogen-bond acceptors (Lipinski definition) is 1. The molecule has 0 aliphatic heterocycles. The van der Waals surface area contributed by atoms with E-state index in [-0.39, 0.29) is 5.56 Å². The van der Waals surface area contributed by atoms with Gasteiger partial charge in [-0.05, 0) is 43.7 Å². The summed E-state index contributed by atoms with van der Waals surface area (Å²) in [5, 5.41) is 2.03. The third kappa shape index (κ3) is 3.56. The van der Waals surface area contributed by atoms with Gasteiger partial charge in [-0.15, -0.1) is 0 Å². The van der Waals surface area contributed by atoms with E-state index in [0.29, 0.717) is 0 Å². The highest BCUT2D eigenvalue weighted by molar-refractivity contribution is 6.08. The van der Waals surface area contributed by atoms with Crippen molar-refractivity contribution in [3.05, 3.63) is 45.9 Å². The van der Waals surface area contributed by atoms with Gasteiger partial charge in [0.1, 0.15) is 0 Å². The molecule has 3 aromatic rings. The highest BCUT2D eigenvalue weighted by Crippen LogP contribution is 2.31. The predicted octanol–water partition coefficient (Wildman–Crippen LogP) is 5.98. The fraction of sp³-hybridized carbons (Fsp3) is 0.542. The first-order chi connectivity index (χ1) is 13.2. The molecular weight excluding hydrogens is 332 g/mol. The normalized spacial score (nSPS) is 11.7. The molecule has 2 heterocycles. The molecule has 0 saturated heterocycles. The van der Waals surface area contributed by atoms with Crippen LogP contribution in [0, 0.1) is 0 Å². The molecule has 0 radical (unpaired) electrons. The summed E-state index contributed by atoms with van der Waals surface area (Å²) in [6, 6.07) is 8.37. The quantitative estimate of drug-likeness (QED) is 0.458. The zero-order valence-electron chi connectivity index (χ0n) is 17.5. The van der Waals surface area contributed by atoms with Crippen LogP contribution < -0.4 is 5.56 Å². The SMILES string of the molecule is CCCCc1c(CCCC)n(CCCC)c(=O)c2c3ccccc3n(C)c12. The van der Waals surface area contributed by atoms with Crippen molar-refractivity contribution in [1.82, 2.24) is 9.13 Å². The van der Waals surface area contributed by atoms with Gasteiger partial charge in [0.15, 0.2) is 0 Å². The third-order valence-corrected chi connectivity index (χ3v) is 5.81. The Morgan fingerprint density at radius 3 is 2.26 bits per heavy atom. The molecule has 0 amide bonds. The molecule has 0 spiro atoms. The minimum absolute atomic E-state index is 0.210. The van der Waals surface area contributed by atoms with Gasteiger partial charge in [-0.25, -0.2) is 0 Å². The molecule has 2 aromatic heterocycles. The number of aromatic nitrogens is 2. The molecule has 1 aromatic carbocycles. The smallest absolute Gasteiger partial charge is 0.260 e. The molecule has 3 heteroatoms. The number of rotatable bonds is 9. The molecule has 0 N–H and O–H groups in total. The zero-order valence-corrected chi connectivity index (χ0v) is 17.5. The van der Waals surface area contributed by atoms with Gasteiger partial charge in [0.2, 0.25) is 0 Å². The predicted molar refractivity (Wildman–Crippen MR) is 117 cm³/mol. The maximum Gasteiger partial charge on any atom is 0.260 e. The molecule has 3 nitrogen and oxygen atoms in total. The summed E-state index contributed by atoms with van der Waals surface area (Å²) >= 11 is 0. The Morgan fingerprint density at radius 2 is 1.56 bits per heavy atom. The van der Waals surface area contributed by atoms with E-state index in [1.807, 2.05) is 6.07 Å². The van der Waals surface area contributed by atoms with E-state index in [9.17, 15) is 4.79 Å². The monoisotopic (exact) mass is 366 g/mol. The van der Waals surface area contributed by atoms with Gasteiger partial charge in [-0.2, -0.15) is 0 Å². The van der Waals surface area contributed by atoms with E-state index in [4.69, 9.17) is 0 Å². The lowest BCUT2D eigenvalue weighted by Crippen LogP contribution is -2.26. The number of hydrogen-bond donors (Lipinski definition) is 0. The lowest BCUT2D eigenvalue weighted by molar-refractivity contribution is 0.573. The van der Waals surface area contributed by atoms with Gasteiger partial charge in [0.05, 0.1) is 10.9 Å². The second kappa shape index (κ2) is 8.77. The lowest BCUT2D eigenvalue weighted by atomic mass is 9.99. The van der Waals surface area contributed by atoms with Crippen LogP contribution in [0.2, 0.25) is 0 Å². The van der Waals surface area contributed by atoms with Crippen molar-refractivity contribution in [3.8, 4) is 0 Å². The number of benzene rings is 1. The number of para-hydroxylation sites is 1. The molecule has 0 unspecified atom stereocenters. The maximum absolute atomic E-state index is 13.6. The van der Waals surface area contributed by atoms with Crippen LogP contribution in [0.3, 0.4) is 0 Å². The molecule has 0 atom stereocenters. The second-order valence-electron chi connectivity index (χ2n) is 7.74. The largest absolute Gasteiger partial charge is 0.343 e. The van der Waals surface area contributed by atoms with E-state index >= 15 is 0 Å². The lowest BCUT2D eigenvalue weighted by Gasteiger charge is -2.19. The number of unbranched alkanes of at least 4 members (excludes halogenated alkanes) is 3. The molecule has 0 aliphatic rings. The highest BCUT2D eigenvalue weighted by Gasteiger charge is 2.21. The molecule has 0 bridgehead atoms. The molecule has 0 fully saturated rings. The van der Waals surface area contributed by atoms with Gasteiger partial charge in [-0.3, -0.25) is 4.79 Å². The number of aryl methyl sites for hydroxylation is 2. The van der Waals surface area contributed by atoms with Crippen molar-refractivity contribution in [2.45, 2.75) is 78.7 Å². The van der Waals surface area contributed by atoms with E-state index in [1.54, 1.807) is 0 Å². The average Bonchev–Trinajstić information content (AvgIpc) is 2.98. The van der Waals surface area contributed by atoms with Crippen LogP contribution in [-0.2, 0) is 26.4 Å². The van der Waals surface area contributed by atoms with E-state index in [0.717, 1.165) is 61.4 Å². The summed E-state index contributed by atoms with van der Waals surface area (Å²) in [5.41, 5.74) is 5.25. The van der Waals surface area contributed by atoms with Gasteiger partial charge in [-0.1, -0.05) is 58.2 Å². The van der Waals surface area contributed by atoms with Crippen LogP contribution in [0.4, 0.5) is 0 Å². The van der Waals surface area contributed by atoms with Gasteiger partial charge >= 0.3 is 0 Å². The van der Waals surface area contributed by atoms with E-state index < -0.39 is 0 Å². The van der Waals surface area contributed by atoms with Crippen LogP contribution in [0.15, 0.2) is 29.1 Å². The maximum atomic E-state index is 13.6. The van der Waals surface area contributed by atoms with Crippen molar-refractivity contribution in [2.75, 3.05) is 0 Å². The second-order valence-corrected chi connectivity index (χ2v) is 7.74. The molecule has 0 aliphatic carbocycles. The van der Waals surface area contributed by atoms with Gasteiger partial charge in [0.25, 0.3) is 5.56 Å². The number of nitrogens with zero attached hydrogens (tertiary/aromatic N) is 2. The molecule has 27 heavy (non-hydrogen) atoms. The summed E-state index contributed by atoms with van der Waals surface area (Å²) in [6.45, 7) is 7.52. The van der Waals surface area contributed by atoms with Crippen molar-refractivity contribution in [3.63, 3.8) is 0 Å². The van der Waals surface area contributed by atoms with Gasteiger partial charge in [0, 0.05) is 30.2 Å². The molecular formula is C24H34N2O. The topological polar surface area (TPSA) is 26.9 Å². The van der Waals surface area contributed by atoms with E-state index in [1.165, 1.54) is 29.6 Å². The minimum atomic E-state index is 0.210. The van der Waals surface area contributed by atoms with E-state index in [2.05, 4.69) is 55.2 Å². The Balaban J connectivity index is 2.41. The van der Waals surface area contributed by atoms with Crippen LogP contribution in [-0.4, -0.2) is 9.13 Å². The number of fused-ring (bicyclic) bond motifs is 3. The van der Waals surface area contributed by atoms with Crippen LogP contribution in [0.1, 0.15) is 70.6 Å². The van der Waals surface area contributed by atoms with Crippen LogP contribution in [0.5, 0.6) is 0 Å².